The first-order valence-corrected chi connectivity index (χ1v) is 5.92. The molecule has 1 aromatic carbocycles. The lowest BCUT2D eigenvalue weighted by molar-refractivity contribution is 0.467. The number of benzene rings is 1. The molecule has 1 rings (SSSR count). The topological polar surface area (TPSA) is 20.2 Å². The minimum Gasteiger partial charge on any atom is -0.506 e. The maximum atomic E-state index is 9.56. The molecule has 0 saturated heterocycles. The molecule has 0 aromatic heterocycles. The monoisotopic (exact) mass is 256 g/mol. The van der Waals surface area contributed by atoms with Crippen molar-refractivity contribution in [2.45, 2.75) is 39.5 Å². The summed E-state index contributed by atoms with van der Waals surface area (Å²) < 4.78 is 0.809. The van der Waals surface area contributed by atoms with Gasteiger partial charge in [0.2, 0.25) is 0 Å². The van der Waals surface area contributed by atoms with Crippen LogP contribution in [0.3, 0.4) is 0 Å². The molecule has 0 atom stereocenters. The fourth-order valence-corrected chi connectivity index (χ4v) is 2.14. The largest absolute Gasteiger partial charge is 0.506 e. The highest BCUT2D eigenvalue weighted by Crippen LogP contribution is 2.29. The van der Waals surface area contributed by atoms with Crippen LogP contribution in [-0.2, 0) is 6.42 Å². The van der Waals surface area contributed by atoms with E-state index in [1.54, 1.807) is 0 Å². The van der Waals surface area contributed by atoms with Crippen LogP contribution in [0.1, 0.15) is 37.3 Å². The highest BCUT2D eigenvalue weighted by Gasteiger charge is 2.03. The van der Waals surface area contributed by atoms with Crippen LogP contribution in [0, 0.1) is 6.92 Å². The van der Waals surface area contributed by atoms with E-state index >= 15 is 0 Å². The molecule has 0 fully saturated rings. The smallest absolute Gasteiger partial charge is 0.132 e. The number of aryl methyl sites for hydroxylation is 2. The molecule has 0 heterocycles. The van der Waals surface area contributed by atoms with Gasteiger partial charge in [0.05, 0.1) is 4.47 Å². The van der Waals surface area contributed by atoms with E-state index in [2.05, 4.69) is 28.9 Å². The molecule has 0 aliphatic rings. The summed E-state index contributed by atoms with van der Waals surface area (Å²) in [6.45, 7) is 4.14. The Bertz CT molecular complexity index is 284. The molecule has 1 nitrogen and oxygen atoms in total. The number of hydrogen-bond donors (Lipinski definition) is 1. The van der Waals surface area contributed by atoms with Crippen LogP contribution in [-0.4, -0.2) is 5.11 Å². The molecular weight excluding hydrogens is 240 g/mol. The number of halogens is 1. The molecule has 1 N–H and O–H groups in total. The molecule has 14 heavy (non-hydrogen) atoms. The van der Waals surface area contributed by atoms with E-state index in [1.807, 2.05) is 13.0 Å². The lowest BCUT2D eigenvalue weighted by Crippen LogP contribution is -1.88. The molecule has 0 saturated carbocycles. The second-order valence-electron chi connectivity index (χ2n) is 3.70. The van der Waals surface area contributed by atoms with Crippen LogP contribution in [0.2, 0.25) is 0 Å². The normalized spacial score (nSPS) is 10.5. The molecule has 0 unspecified atom stereocenters. The summed E-state index contributed by atoms with van der Waals surface area (Å²) in [5.74, 6) is 0.365. The van der Waals surface area contributed by atoms with Gasteiger partial charge in [-0.2, -0.15) is 0 Å². The maximum absolute atomic E-state index is 9.56. The average molecular weight is 257 g/mol. The van der Waals surface area contributed by atoms with Crippen molar-refractivity contribution < 1.29 is 5.11 Å². The van der Waals surface area contributed by atoms with Gasteiger partial charge in [-0.05, 0) is 52.9 Å². The molecule has 1 aromatic rings. The zero-order valence-electron chi connectivity index (χ0n) is 8.81. The van der Waals surface area contributed by atoms with E-state index < -0.39 is 0 Å². The number of rotatable bonds is 4. The summed E-state index contributed by atoms with van der Waals surface area (Å²) in [4.78, 5) is 0. The molecule has 0 spiro atoms. The lowest BCUT2D eigenvalue weighted by atomic mass is 10.0. The maximum Gasteiger partial charge on any atom is 0.132 e. The summed E-state index contributed by atoms with van der Waals surface area (Å²) in [6, 6.07) is 4.08. The zero-order valence-corrected chi connectivity index (χ0v) is 10.4. The van der Waals surface area contributed by atoms with Crippen molar-refractivity contribution >= 4 is 15.9 Å². The number of unbranched alkanes of at least 4 members (excludes halogenated alkanes) is 2. The summed E-state index contributed by atoms with van der Waals surface area (Å²) in [6.07, 6.45) is 4.86. The Hall–Kier alpha value is -0.500. The number of aromatic hydroxyl groups is 1. The second kappa shape index (κ2) is 5.40. The van der Waals surface area contributed by atoms with Crippen LogP contribution >= 0.6 is 15.9 Å². The molecule has 0 aliphatic heterocycles. The van der Waals surface area contributed by atoms with Gasteiger partial charge in [-0.1, -0.05) is 25.8 Å². The van der Waals surface area contributed by atoms with Crippen molar-refractivity contribution in [2.75, 3.05) is 0 Å². The molecule has 0 aliphatic carbocycles. The van der Waals surface area contributed by atoms with E-state index in [4.69, 9.17) is 0 Å². The number of phenols is 1. The van der Waals surface area contributed by atoms with Crippen molar-refractivity contribution in [3.05, 3.63) is 27.7 Å². The van der Waals surface area contributed by atoms with Crippen molar-refractivity contribution in [1.82, 2.24) is 0 Å². The van der Waals surface area contributed by atoms with Crippen molar-refractivity contribution in [3.8, 4) is 5.75 Å². The standard InChI is InChI=1S/C12H17BrO/c1-3-4-5-6-10-7-9(2)12(14)11(13)8-10/h7-8,14H,3-6H2,1-2H3. The fourth-order valence-electron chi connectivity index (χ4n) is 1.53. The van der Waals surface area contributed by atoms with Gasteiger partial charge >= 0.3 is 0 Å². The van der Waals surface area contributed by atoms with Gasteiger partial charge in [-0.25, -0.2) is 0 Å². The summed E-state index contributed by atoms with van der Waals surface area (Å²) in [5, 5.41) is 9.56. The first-order valence-electron chi connectivity index (χ1n) is 5.13. The van der Waals surface area contributed by atoms with Crippen molar-refractivity contribution in [3.63, 3.8) is 0 Å². The number of phenolic OH excluding ortho intramolecular Hbond substituents is 1. The quantitative estimate of drug-likeness (QED) is 0.801. The summed E-state index contributed by atoms with van der Waals surface area (Å²) in [5.41, 5.74) is 2.26. The molecule has 0 radical (unpaired) electrons. The van der Waals surface area contributed by atoms with Gasteiger partial charge < -0.3 is 5.11 Å². The second-order valence-corrected chi connectivity index (χ2v) is 4.55. The van der Waals surface area contributed by atoms with Gasteiger partial charge in [0.1, 0.15) is 5.75 Å². The third kappa shape index (κ3) is 3.02. The van der Waals surface area contributed by atoms with E-state index in [0.717, 1.165) is 16.5 Å². The zero-order chi connectivity index (χ0) is 10.6. The Kier molecular flexibility index (Phi) is 4.46. The van der Waals surface area contributed by atoms with Gasteiger partial charge in [-0.3, -0.25) is 0 Å². The third-order valence-corrected chi connectivity index (χ3v) is 2.99. The molecule has 0 amide bonds. The first-order chi connectivity index (χ1) is 6.65. The fraction of sp³-hybridized carbons (Fsp3) is 0.500. The van der Waals surface area contributed by atoms with Crippen molar-refractivity contribution in [2.24, 2.45) is 0 Å². The average Bonchev–Trinajstić information content (AvgIpc) is 2.14. The Morgan fingerprint density at radius 2 is 2.00 bits per heavy atom. The van der Waals surface area contributed by atoms with E-state index in [-0.39, 0.29) is 0 Å². The van der Waals surface area contributed by atoms with Gasteiger partial charge in [0, 0.05) is 0 Å². The Morgan fingerprint density at radius 1 is 1.29 bits per heavy atom. The first kappa shape index (κ1) is 11.6. The van der Waals surface area contributed by atoms with Crippen LogP contribution in [0.25, 0.3) is 0 Å². The minimum absolute atomic E-state index is 0.365. The van der Waals surface area contributed by atoms with E-state index in [9.17, 15) is 5.11 Å². The molecular formula is C12H17BrO. The Morgan fingerprint density at radius 3 is 2.57 bits per heavy atom. The van der Waals surface area contributed by atoms with Crippen LogP contribution < -0.4 is 0 Å². The summed E-state index contributed by atoms with van der Waals surface area (Å²) in [7, 11) is 0. The van der Waals surface area contributed by atoms with Crippen molar-refractivity contribution in [1.29, 1.82) is 0 Å². The highest BCUT2D eigenvalue weighted by atomic mass is 79.9. The lowest BCUT2D eigenvalue weighted by Gasteiger charge is -2.06. The van der Waals surface area contributed by atoms with Gasteiger partial charge in [-0.15, -0.1) is 0 Å². The molecule has 78 valence electrons. The van der Waals surface area contributed by atoms with Crippen LogP contribution in [0.4, 0.5) is 0 Å². The van der Waals surface area contributed by atoms with Crippen LogP contribution in [0.5, 0.6) is 5.75 Å². The number of hydrogen-bond acceptors (Lipinski definition) is 1. The third-order valence-electron chi connectivity index (χ3n) is 2.38. The minimum atomic E-state index is 0.365. The molecule has 0 bridgehead atoms. The summed E-state index contributed by atoms with van der Waals surface area (Å²) >= 11 is 3.36. The van der Waals surface area contributed by atoms with E-state index in [1.165, 1.54) is 24.8 Å². The van der Waals surface area contributed by atoms with Crippen LogP contribution in [0.15, 0.2) is 16.6 Å². The molecule has 2 heteroatoms. The Balaban J connectivity index is 2.69. The van der Waals surface area contributed by atoms with Gasteiger partial charge in [0.15, 0.2) is 0 Å². The Labute approximate surface area is 94.3 Å². The highest BCUT2D eigenvalue weighted by molar-refractivity contribution is 9.10. The predicted octanol–water partition coefficient (Wildman–Crippen LogP) is 4.20. The van der Waals surface area contributed by atoms with Gasteiger partial charge in [0.25, 0.3) is 0 Å². The predicted molar refractivity (Wildman–Crippen MR) is 63.8 cm³/mol. The SMILES string of the molecule is CCCCCc1cc(C)c(O)c(Br)c1. The van der Waals surface area contributed by atoms with E-state index in [0.29, 0.717) is 5.75 Å².